The molecule has 3 nitrogen and oxygen atoms in total. The van der Waals surface area contributed by atoms with Gasteiger partial charge in [0, 0.05) is 54.7 Å². The van der Waals surface area contributed by atoms with Crippen molar-refractivity contribution in [2.24, 2.45) is 0 Å². The molecule has 2 aromatic rings. The molecule has 0 spiro atoms. The molecule has 3 aliphatic heterocycles. The normalized spacial score (nSPS) is 16.6. The molecule has 3 heterocycles. The second kappa shape index (κ2) is 10.2. The number of piperidine rings is 2. The summed E-state index contributed by atoms with van der Waals surface area (Å²) in [7, 11) is 0. The number of fused-ring (bicyclic) bond motifs is 2. The van der Waals surface area contributed by atoms with Crippen LogP contribution in [0.5, 0.6) is 0 Å². The number of halogens is 1. The van der Waals surface area contributed by atoms with Gasteiger partial charge in [-0.15, -0.1) is 0 Å². The highest BCUT2D eigenvalue weighted by molar-refractivity contribution is 5.90. The molecule has 34 heavy (non-hydrogen) atoms. The van der Waals surface area contributed by atoms with Crippen molar-refractivity contribution in [3.63, 3.8) is 0 Å². The third-order valence-electron chi connectivity index (χ3n) is 7.47. The molecule has 0 radical (unpaired) electrons. The first-order valence-electron chi connectivity index (χ1n) is 12.7. The second-order valence-corrected chi connectivity index (χ2v) is 9.70. The average molecular weight is 473 g/mol. The van der Waals surface area contributed by atoms with Crippen LogP contribution in [0, 0.1) is 0 Å². The zero-order valence-corrected chi connectivity index (χ0v) is 20.6. The summed E-state index contributed by atoms with van der Waals surface area (Å²) < 4.78 is 9.15. The molecule has 176 valence electrons. The minimum atomic E-state index is 0. The predicted octanol–water partition coefficient (Wildman–Crippen LogP) is 3.08. The lowest BCUT2D eigenvalue weighted by Gasteiger charge is -2.29. The highest BCUT2D eigenvalue weighted by Crippen LogP contribution is 2.36. The summed E-state index contributed by atoms with van der Waals surface area (Å²) in [5, 5.41) is 2.53. The van der Waals surface area contributed by atoms with E-state index in [9.17, 15) is 0 Å². The van der Waals surface area contributed by atoms with Crippen molar-refractivity contribution in [1.29, 1.82) is 0 Å². The van der Waals surface area contributed by atoms with E-state index in [0.29, 0.717) is 0 Å². The van der Waals surface area contributed by atoms with Crippen LogP contribution in [-0.2, 0) is 6.42 Å². The van der Waals surface area contributed by atoms with E-state index in [1.165, 1.54) is 71.6 Å². The molecule has 4 aliphatic rings. The summed E-state index contributed by atoms with van der Waals surface area (Å²) >= 11 is 0. The van der Waals surface area contributed by atoms with Crippen molar-refractivity contribution in [3.05, 3.63) is 83.2 Å². The van der Waals surface area contributed by atoms with Gasteiger partial charge in [-0.3, -0.25) is 0 Å². The Bertz CT molecular complexity index is 1300. The first-order valence-corrected chi connectivity index (χ1v) is 12.7. The van der Waals surface area contributed by atoms with Gasteiger partial charge in [0.1, 0.15) is 24.4 Å². The number of anilines is 1. The SMILES string of the molecule is [Cl-].c1ccc(Cc2c3ccc(=[N+]4CCCCC4)cc-3oc3cc(N4CCCCC4)ccc23)cc1. The number of nitrogens with zero attached hydrogens (tertiary/aromatic N) is 2. The molecule has 2 saturated heterocycles. The van der Waals surface area contributed by atoms with Crippen molar-refractivity contribution < 1.29 is 16.8 Å². The number of rotatable bonds is 3. The molecule has 0 saturated carbocycles. The van der Waals surface area contributed by atoms with Crippen molar-refractivity contribution in [3.8, 4) is 11.3 Å². The Morgan fingerprint density at radius 1 is 0.765 bits per heavy atom. The topological polar surface area (TPSA) is 19.4 Å². The van der Waals surface area contributed by atoms with E-state index in [0.717, 1.165) is 43.9 Å². The first kappa shape index (κ1) is 23.0. The maximum absolute atomic E-state index is 6.63. The zero-order valence-electron chi connectivity index (χ0n) is 19.8. The molecule has 0 N–H and O–H groups in total. The summed E-state index contributed by atoms with van der Waals surface area (Å²) in [5.74, 6) is 1.01. The van der Waals surface area contributed by atoms with Gasteiger partial charge in [0.15, 0.2) is 0 Å². The van der Waals surface area contributed by atoms with Crippen LogP contribution in [0.25, 0.3) is 22.3 Å². The van der Waals surface area contributed by atoms with Crippen molar-refractivity contribution >= 4 is 16.7 Å². The van der Waals surface area contributed by atoms with Crippen LogP contribution >= 0.6 is 0 Å². The van der Waals surface area contributed by atoms with E-state index in [1.54, 1.807) is 0 Å². The van der Waals surface area contributed by atoms with E-state index in [1.807, 2.05) is 0 Å². The third kappa shape index (κ3) is 4.59. The monoisotopic (exact) mass is 472 g/mol. The molecule has 0 unspecified atom stereocenters. The highest BCUT2D eigenvalue weighted by atomic mass is 35.5. The van der Waals surface area contributed by atoms with Gasteiger partial charge in [-0.25, -0.2) is 4.58 Å². The fourth-order valence-electron chi connectivity index (χ4n) is 5.64. The van der Waals surface area contributed by atoms with Crippen LogP contribution in [0.15, 0.2) is 71.1 Å². The first-order chi connectivity index (χ1) is 16.3. The molecular formula is C30H33ClN2O. The van der Waals surface area contributed by atoms with E-state index in [2.05, 4.69) is 76.2 Å². The van der Waals surface area contributed by atoms with Gasteiger partial charge in [-0.05, 0) is 61.4 Å². The summed E-state index contributed by atoms with van der Waals surface area (Å²) in [4.78, 5) is 2.52. The molecule has 1 aliphatic carbocycles. The van der Waals surface area contributed by atoms with Crippen LogP contribution in [0.4, 0.5) is 5.69 Å². The Labute approximate surface area is 208 Å². The molecular weight excluding hydrogens is 440 g/mol. The number of hydrogen-bond acceptors (Lipinski definition) is 2. The summed E-state index contributed by atoms with van der Waals surface area (Å²) in [6.45, 7) is 4.59. The Morgan fingerprint density at radius 2 is 1.53 bits per heavy atom. The molecule has 0 amide bonds. The molecule has 2 fully saturated rings. The number of benzene rings is 3. The minimum Gasteiger partial charge on any atom is -1.00 e. The van der Waals surface area contributed by atoms with E-state index in [4.69, 9.17) is 4.42 Å². The maximum atomic E-state index is 6.63. The summed E-state index contributed by atoms with van der Waals surface area (Å²) in [6, 6.07) is 24.6. The third-order valence-corrected chi connectivity index (χ3v) is 7.47. The largest absolute Gasteiger partial charge is 1.00 e. The Balaban J connectivity index is 0.00000241. The summed E-state index contributed by atoms with van der Waals surface area (Å²) in [6.07, 6.45) is 8.74. The molecule has 6 rings (SSSR count). The zero-order chi connectivity index (χ0) is 22.0. The fourth-order valence-corrected chi connectivity index (χ4v) is 5.64. The van der Waals surface area contributed by atoms with E-state index >= 15 is 0 Å². The van der Waals surface area contributed by atoms with Crippen LogP contribution in [0.3, 0.4) is 0 Å². The minimum absolute atomic E-state index is 0. The second-order valence-electron chi connectivity index (χ2n) is 9.70. The highest BCUT2D eigenvalue weighted by Gasteiger charge is 2.20. The van der Waals surface area contributed by atoms with Crippen LogP contribution < -0.4 is 27.2 Å². The summed E-state index contributed by atoms with van der Waals surface area (Å²) in [5.41, 5.74) is 6.24. The standard InChI is InChI=1S/C30H33N2O.ClH/c1-4-10-23(11-5-1)20-28-26-14-12-24(31-16-6-2-7-17-31)21-29(26)33-30-22-25(13-15-27(28)30)32-18-8-3-9-19-32;/h1,4-5,10-15,21-22H,2-3,6-9,16-20H2;1H/q+1;/p-1. The number of hydrogen-bond donors (Lipinski definition) is 0. The molecule has 0 atom stereocenters. The van der Waals surface area contributed by atoms with Crippen molar-refractivity contribution in [1.82, 2.24) is 4.58 Å². The van der Waals surface area contributed by atoms with Gasteiger partial charge >= 0.3 is 0 Å². The van der Waals surface area contributed by atoms with E-state index < -0.39 is 0 Å². The fraction of sp³-hybridized carbons (Fsp3) is 0.367. The van der Waals surface area contributed by atoms with Gasteiger partial charge < -0.3 is 21.7 Å². The van der Waals surface area contributed by atoms with Gasteiger partial charge in [0.25, 0.3) is 0 Å². The lowest BCUT2D eigenvalue weighted by Crippen LogP contribution is -3.00. The van der Waals surface area contributed by atoms with Crippen molar-refractivity contribution in [2.75, 3.05) is 31.1 Å². The van der Waals surface area contributed by atoms with Crippen LogP contribution in [-0.4, -0.2) is 26.2 Å². The molecule has 0 bridgehead atoms. The molecule has 4 heteroatoms. The van der Waals surface area contributed by atoms with Crippen LogP contribution in [0.1, 0.15) is 49.7 Å². The van der Waals surface area contributed by atoms with Gasteiger partial charge in [-0.1, -0.05) is 30.3 Å². The lowest BCUT2D eigenvalue weighted by atomic mass is 9.94. The van der Waals surface area contributed by atoms with Crippen molar-refractivity contribution in [2.45, 2.75) is 44.9 Å². The Morgan fingerprint density at radius 3 is 2.32 bits per heavy atom. The van der Waals surface area contributed by atoms with Gasteiger partial charge in [0.05, 0.1) is 6.07 Å². The molecule has 2 aromatic carbocycles. The quantitative estimate of drug-likeness (QED) is 0.337. The van der Waals surface area contributed by atoms with Gasteiger partial charge in [0.2, 0.25) is 5.36 Å². The van der Waals surface area contributed by atoms with Crippen LogP contribution in [0.2, 0.25) is 0 Å². The maximum Gasteiger partial charge on any atom is 0.203 e. The Kier molecular flexibility index (Phi) is 6.92. The lowest BCUT2D eigenvalue weighted by molar-refractivity contribution is -0.00000704. The average Bonchev–Trinajstić information content (AvgIpc) is 2.89. The smallest absolute Gasteiger partial charge is 0.203 e. The predicted molar refractivity (Wildman–Crippen MR) is 137 cm³/mol. The van der Waals surface area contributed by atoms with E-state index in [-0.39, 0.29) is 12.4 Å². The van der Waals surface area contributed by atoms with Gasteiger partial charge in [-0.2, -0.15) is 0 Å². The molecule has 0 aromatic heterocycles. The Hall–Kier alpha value is -2.78.